The van der Waals surface area contributed by atoms with Crippen LogP contribution < -0.4 is 10.3 Å². The molecule has 0 aliphatic heterocycles. The summed E-state index contributed by atoms with van der Waals surface area (Å²) in [6.07, 6.45) is 1.20. The summed E-state index contributed by atoms with van der Waals surface area (Å²) in [5, 5.41) is 9.88. The maximum Gasteiger partial charge on any atom is 0.333 e. The molecule has 9 nitrogen and oxygen atoms in total. The van der Waals surface area contributed by atoms with Gasteiger partial charge in [-0.15, -0.1) is 0 Å². The lowest BCUT2D eigenvalue weighted by atomic mass is 10.1. The molecule has 0 spiro atoms. The first-order chi connectivity index (χ1) is 13.5. The Hall–Kier alpha value is -1.73. The van der Waals surface area contributed by atoms with Gasteiger partial charge in [-0.1, -0.05) is 25.2 Å². The Morgan fingerprint density at radius 3 is 2.34 bits per heavy atom. The van der Waals surface area contributed by atoms with Crippen LogP contribution in [0.25, 0.3) is 0 Å². The topological polar surface area (TPSA) is 144 Å². The van der Waals surface area contributed by atoms with Gasteiger partial charge in [-0.3, -0.25) is 0 Å². The Bertz CT molecular complexity index is 995. The number of aromatic nitrogens is 3. The summed E-state index contributed by atoms with van der Waals surface area (Å²) in [5.74, 6) is 1.10. The van der Waals surface area contributed by atoms with Gasteiger partial charge in [-0.2, -0.15) is 4.57 Å². The SMILES string of the molecule is Cc1ncc(C[n+]2c(C(O)CC(C)C)sc(CC(P(=O)=O)P(=O)=O)c2C)c(N)n1. The molecule has 1 unspecified atom stereocenters. The van der Waals surface area contributed by atoms with Gasteiger partial charge in [0.15, 0.2) is 17.6 Å². The zero-order valence-corrected chi connectivity index (χ0v) is 19.3. The van der Waals surface area contributed by atoms with Crippen molar-refractivity contribution < 1.29 is 27.9 Å². The molecule has 0 aliphatic carbocycles. The standard InChI is InChI=1S/C17H25N4O5P2S/c1-9(2)5-13(22)17-21(8-12-7-19-11(4)20-16(12)18)10(3)14(29-17)6-15(27(23)24)28(25)26/h7,9,13,15,22H,5-6,8H2,1-4H3,(H2,18,19,20)/q+1. The molecule has 0 amide bonds. The maximum absolute atomic E-state index is 11.4. The first kappa shape index (κ1) is 23.5. The van der Waals surface area contributed by atoms with Crippen LogP contribution in [0.2, 0.25) is 0 Å². The molecule has 3 N–H and O–H groups in total. The van der Waals surface area contributed by atoms with Gasteiger partial charge in [-0.25, -0.2) is 28.2 Å². The molecule has 2 rings (SSSR count). The number of anilines is 1. The quantitative estimate of drug-likeness (QED) is 0.429. The van der Waals surface area contributed by atoms with E-state index in [9.17, 15) is 23.4 Å². The van der Waals surface area contributed by atoms with E-state index in [4.69, 9.17) is 5.73 Å². The molecule has 1 atom stereocenters. The van der Waals surface area contributed by atoms with Gasteiger partial charge in [0.2, 0.25) is 0 Å². The lowest BCUT2D eigenvalue weighted by Gasteiger charge is -2.10. The van der Waals surface area contributed by atoms with Crippen LogP contribution in [0.4, 0.5) is 5.82 Å². The summed E-state index contributed by atoms with van der Waals surface area (Å²) in [7, 11) is -6.25. The largest absolute Gasteiger partial charge is 0.383 e. The van der Waals surface area contributed by atoms with Crippen LogP contribution in [0.1, 0.15) is 53.3 Å². The summed E-state index contributed by atoms with van der Waals surface area (Å²) in [6, 6.07) is 0. The molecule has 12 heteroatoms. The van der Waals surface area contributed by atoms with E-state index in [0.29, 0.717) is 39.2 Å². The van der Waals surface area contributed by atoms with Gasteiger partial charge in [0.05, 0.1) is 10.4 Å². The number of nitrogen functional groups attached to an aromatic ring is 1. The number of aryl methyl sites for hydroxylation is 1. The minimum Gasteiger partial charge on any atom is -0.383 e. The number of nitrogens with zero attached hydrogens (tertiary/aromatic N) is 3. The molecule has 0 fully saturated rings. The van der Waals surface area contributed by atoms with E-state index in [0.717, 1.165) is 0 Å². The molecule has 0 radical (unpaired) electrons. The van der Waals surface area contributed by atoms with Crippen LogP contribution in [-0.4, -0.2) is 20.5 Å². The highest BCUT2D eigenvalue weighted by molar-refractivity contribution is 7.51. The Kier molecular flexibility index (Phi) is 8.00. The van der Waals surface area contributed by atoms with Gasteiger partial charge in [0, 0.05) is 19.5 Å². The molecule has 2 aromatic heterocycles. The van der Waals surface area contributed by atoms with Crippen molar-refractivity contribution in [3.8, 4) is 0 Å². The van der Waals surface area contributed by atoms with Crippen LogP contribution in [-0.2, 0) is 31.2 Å². The predicted octanol–water partition coefficient (Wildman–Crippen LogP) is 3.37. The Morgan fingerprint density at radius 2 is 1.83 bits per heavy atom. The van der Waals surface area contributed by atoms with Crippen LogP contribution in [0.5, 0.6) is 0 Å². The van der Waals surface area contributed by atoms with E-state index in [1.165, 1.54) is 11.3 Å². The normalized spacial score (nSPS) is 12.5. The Labute approximate surface area is 174 Å². The van der Waals surface area contributed by atoms with Crippen LogP contribution >= 0.6 is 26.7 Å². The molecule has 0 saturated heterocycles. The van der Waals surface area contributed by atoms with E-state index in [1.54, 1.807) is 20.0 Å². The van der Waals surface area contributed by atoms with Gasteiger partial charge in [-0.05, 0) is 19.3 Å². The summed E-state index contributed by atoms with van der Waals surface area (Å²) in [4.78, 5) is 8.92. The van der Waals surface area contributed by atoms with Crippen molar-refractivity contribution in [2.24, 2.45) is 5.92 Å². The van der Waals surface area contributed by atoms with Gasteiger partial charge < -0.3 is 10.8 Å². The fraction of sp³-hybridized carbons (Fsp3) is 0.588. The Balaban J connectivity index is 2.52. The zero-order chi connectivity index (χ0) is 21.9. The lowest BCUT2D eigenvalue weighted by molar-refractivity contribution is -0.700. The van der Waals surface area contributed by atoms with Crippen molar-refractivity contribution in [3.05, 3.63) is 33.2 Å². The molecule has 0 aromatic carbocycles. The fourth-order valence-corrected chi connectivity index (χ4v) is 5.78. The Morgan fingerprint density at radius 1 is 1.21 bits per heavy atom. The van der Waals surface area contributed by atoms with Crippen LogP contribution in [0.15, 0.2) is 6.20 Å². The highest BCUT2D eigenvalue weighted by atomic mass is 32.1. The number of aliphatic hydroxyl groups is 1. The van der Waals surface area contributed by atoms with E-state index >= 15 is 0 Å². The van der Waals surface area contributed by atoms with Crippen molar-refractivity contribution in [2.45, 2.75) is 58.6 Å². The van der Waals surface area contributed by atoms with Crippen molar-refractivity contribution in [2.75, 3.05) is 5.73 Å². The lowest BCUT2D eigenvalue weighted by Crippen LogP contribution is -2.41. The third-order valence-electron chi connectivity index (χ3n) is 4.48. The average Bonchev–Trinajstić information content (AvgIpc) is 2.90. The second kappa shape index (κ2) is 9.85. The number of hydrogen-bond acceptors (Lipinski definition) is 9. The van der Waals surface area contributed by atoms with Crippen molar-refractivity contribution >= 4 is 32.5 Å². The molecule has 158 valence electrons. The third-order valence-corrected chi connectivity index (χ3v) is 8.36. The van der Waals surface area contributed by atoms with E-state index in [2.05, 4.69) is 9.97 Å². The third kappa shape index (κ3) is 5.89. The van der Waals surface area contributed by atoms with Crippen LogP contribution in [0, 0.1) is 19.8 Å². The molecule has 0 saturated carbocycles. The maximum atomic E-state index is 11.4. The number of rotatable bonds is 9. The van der Waals surface area contributed by atoms with Gasteiger partial charge in [0.1, 0.15) is 17.7 Å². The first-order valence-corrected chi connectivity index (χ1v) is 12.4. The average molecular weight is 459 g/mol. The summed E-state index contributed by atoms with van der Waals surface area (Å²) in [5.41, 5.74) is 7.36. The second-order valence-corrected chi connectivity index (χ2v) is 11.2. The fourth-order valence-electron chi connectivity index (χ4n) is 2.95. The molecule has 0 bridgehead atoms. The van der Waals surface area contributed by atoms with Gasteiger partial charge in [0.25, 0.3) is 5.01 Å². The minimum atomic E-state index is -3.13. The summed E-state index contributed by atoms with van der Waals surface area (Å²) >= 11 is 1.22. The van der Waals surface area contributed by atoms with Gasteiger partial charge >= 0.3 is 15.4 Å². The molecule has 2 heterocycles. The second-order valence-electron chi connectivity index (χ2n) is 7.26. The van der Waals surface area contributed by atoms with E-state index < -0.39 is 26.9 Å². The molecule has 29 heavy (non-hydrogen) atoms. The highest BCUT2D eigenvalue weighted by Gasteiger charge is 2.33. The number of hydrogen-bond donors (Lipinski definition) is 2. The summed E-state index contributed by atoms with van der Waals surface area (Å²) < 4.78 is 47.3. The van der Waals surface area contributed by atoms with Crippen molar-refractivity contribution in [1.29, 1.82) is 0 Å². The highest BCUT2D eigenvalue weighted by Crippen LogP contribution is 2.36. The van der Waals surface area contributed by atoms with E-state index in [-0.39, 0.29) is 18.9 Å². The smallest absolute Gasteiger partial charge is 0.333 e. The number of aliphatic hydroxyl groups excluding tert-OH is 1. The van der Waals surface area contributed by atoms with Crippen LogP contribution in [0.3, 0.4) is 0 Å². The van der Waals surface area contributed by atoms with Crippen molar-refractivity contribution in [3.63, 3.8) is 0 Å². The number of thiazole rings is 1. The predicted molar refractivity (Wildman–Crippen MR) is 108 cm³/mol. The number of nitrogens with two attached hydrogens (primary N) is 1. The van der Waals surface area contributed by atoms with Crippen molar-refractivity contribution in [1.82, 2.24) is 9.97 Å². The molecular weight excluding hydrogens is 434 g/mol. The molecular formula is C17H25N4O5P2S+. The zero-order valence-electron chi connectivity index (χ0n) is 16.7. The van der Waals surface area contributed by atoms with E-state index in [1.807, 2.05) is 18.4 Å². The molecule has 0 aliphatic rings. The monoisotopic (exact) mass is 459 g/mol. The molecule has 2 aromatic rings. The summed E-state index contributed by atoms with van der Waals surface area (Å²) in [6.45, 7) is 7.77. The first-order valence-electron chi connectivity index (χ1n) is 9.06. The minimum absolute atomic E-state index is 0.151.